The average Bonchev–Trinajstić information content (AvgIpc) is 2.32. The van der Waals surface area contributed by atoms with E-state index in [1.54, 1.807) is 6.07 Å². The largest absolute Gasteiger partial charge is 0.506 e. The fourth-order valence-corrected chi connectivity index (χ4v) is 1.93. The molecule has 0 fully saturated rings. The van der Waals surface area contributed by atoms with Crippen LogP contribution >= 0.6 is 23.2 Å². The lowest BCUT2D eigenvalue weighted by atomic mass is 10.2. The van der Waals surface area contributed by atoms with Crippen molar-refractivity contribution in [1.29, 1.82) is 0 Å². The molecule has 6 heteroatoms. The molecule has 1 aromatic carbocycles. The molecule has 0 bridgehead atoms. The van der Waals surface area contributed by atoms with E-state index in [4.69, 9.17) is 23.2 Å². The number of halogens is 2. The maximum Gasteiger partial charge on any atom is 0.233 e. The first-order chi connectivity index (χ1) is 8.54. The highest BCUT2D eigenvalue weighted by Gasteiger charge is 2.08. The third-order valence-corrected chi connectivity index (χ3v) is 2.79. The van der Waals surface area contributed by atoms with Gasteiger partial charge in [-0.3, -0.25) is 4.79 Å². The Labute approximate surface area is 116 Å². The minimum Gasteiger partial charge on any atom is -0.506 e. The zero-order valence-corrected chi connectivity index (χ0v) is 11.6. The lowest BCUT2D eigenvalue weighted by Gasteiger charge is -2.09. The van der Waals surface area contributed by atoms with Gasteiger partial charge in [0.25, 0.3) is 0 Å². The molecular weight excluding hydrogens is 275 g/mol. The van der Waals surface area contributed by atoms with Crippen molar-refractivity contribution in [3.8, 4) is 5.75 Å². The van der Waals surface area contributed by atoms with Gasteiger partial charge in [-0.2, -0.15) is 0 Å². The van der Waals surface area contributed by atoms with E-state index in [2.05, 4.69) is 10.6 Å². The van der Waals surface area contributed by atoms with Crippen molar-refractivity contribution in [1.82, 2.24) is 10.6 Å². The summed E-state index contributed by atoms with van der Waals surface area (Å²) in [4.78, 5) is 11.3. The van der Waals surface area contributed by atoms with Crippen molar-refractivity contribution in [2.24, 2.45) is 0 Å². The molecule has 18 heavy (non-hydrogen) atoms. The maximum absolute atomic E-state index is 11.3. The zero-order valence-electron chi connectivity index (χ0n) is 10.1. The Hall–Kier alpha value is -0.970. The first-order valence-corrected chi connectivity index (χ1v) is 6.44. The highest BCUT2D eigenvalue weighted by atomic mass is 35.5. The molecule has 0 unspecified atom stereocenters. The molecule has 0 radical (unpaired) electrons. The van der Waals surface area contributed by atoms with Crippen LogP contribution in [0.3, 0.4) is 0 Å². The average molecular weight is 291 g/mol. The van der Waals surface area contributed by atoms with E-state index in [1.807, 2.05) is 6.92 Å². The Kier molecular flexibility index (Phi) is 6.25. The SMILES string of the molecule is CCCNC(=O)CNCc1cc(Cl)cc(Cl)c1O. The van der Waals surface area contributed by atoms with Gasteiger partial charge in [0.05, 0.1) is 11.6 Å². The van der Waals surface area contributed by atoms with Crippen molar-refractivity contribution in [2.75, 3.05) is 13.1 Å². The Morgan fingerprint density at radius 1 is 1.39 bits per heavy atom. The molecule has 1 aromatic rings. The normalized spacial score (nSPS) is 10.4. The van der Waals surface area contributed by atoms with Crippen molar-refractivity contribution in [2.45, 2.75) is 19.9 Å². The number of carbonyl (C=O) groups excluding carboxylic acids is 1. The Morgan fingerprint density at radius 2 is 2.11 bits per heavy atom. The molecule has 0 aliphatic carbocycles. The van der Waals surface area contributed by atoms with Crippen LogP contribution in [0.25, 0.3) is 0 Å². The molecule has 0 heterocycles. The monoisotopic (exact) mass is 290 g/mol. The number of benzene rings is 1. The van der Waals surface area contributed by atoms with Gasteiger partial charge in [-0.25, -0.2) is 0 Å². The molecule has 4 nitrogen and oxygen atoms in total. The van der Waals surface area contributed by atoms with Crippen LogP contribution in [-0.4, -0.2) is 24.1 Å². The number of aromatic hydroxyl groups is 1. The molecular formula is C12H16Cl2N2O2. The third kappa shape index (κ3) is 4.72. The molecule has 0 saturated carbocycles. The molecule has 100 valence electrons. The van der Waals surface area contributed by atoms with E-state index >= 15 is 0 Å². The van der Waals surface area contributed by atoms with Crippen LogP contribution in [0.15, 0.2) is 12.1 Å². The Balaban J connectivity index is 2.46. The van der Waals surface area contributed by atoms with Gasteiger partial charge in [-0.15, -0.1) is 0 Å². The van der Waals surface area contributed by atoms with Crippen molar-refractivity contribution in [3.05, 3.63) is 27.7 Å². The first kappa shape index (κ1) is 15.1. The van der Waals surface area contributed by atoms with E-state index in [1.165, 1.54) is 6.07 Å². The number of rotatable bonds is 6. The number of hydrogen-bond acceptors (Lipinski definition) is 3. The van der Waals surface area contributed by atoms with E-state index in [-0.39, 0.29) is 23.2 Å². The zero-order chi connectivity index (χ0) is 13.5. The minimum atomic E-state index is -0.0792. The summed E-state index contributed by atoms with van der Waals surface area (Å²) in [5.74, 6) is -0.0907. The summed E-state index contributed by atoms with van der Waals surface area (Å²) in [6, 6.07) is 3.08. The van der Waals surface area contributed by atoms with Crippen molar-refractivity contribution < 1.29 is 9.90 Å². The van der Waals surface area contributed by atoms with E-state index in [0.717, 1.165) is 6.42 Å². The summed E-state index contributed by atoms with van der Waals surface area (Å²) in [5.41, 5.74) is 0.566. The van der Waals surface area contributed by atoms with E-state index < -0.39 is 0 Å². The van der Waals surface area contributed by atoms with Crippen LogP contribution in [0.5, 0.6) is 5.75 Å². The highest BCUT2D eigenvalue weighted by Crippen LogP contribution is 2.30. The lowest BCUT2D eigenvalue weighted by molar-refractivity contribution is -0.120. The van der Waals surface area contributed by atoms with Gasteiger partial charge in [0.1, 0.15) is 5.75 Å². The number of phenols is 1. The van der Waals surface area contributed by atoms with Gasteiger partial charge in [0.15, 0.2) is 0 Å². The van der Waals surface area contributed by atoms with Crippen LogP contribution in [-0.2, 0) is 11.3 Å². The van der Waals surface area contributed by atoms with Gasteiger partial charge in [-0.1, -0.05) is 30.1 Å². The van der Waals surface area contributed by atoms with Crippen molar-refractivity contribution >= 4 is 29.1 Å². The molecule has 1 rings (SSSR count). The van der Waals surface area contributed by atoms with Crippen LogP contribution in [0, 0.1) is 0 Å². The molecule has 0 aliphatic rings. The number of phenolic OH excluding ortho intramolecular Hbond substituents is 1. The molecule has 0 spiro atoms. The number of amides is 1. The fourth-order valence-electron chi connectivity index (χ4n) is 1.39. The van der Waals surface area contributed by atoms with E-state index in [9.17, 15) is 9.90 Å². The summed E-state index contributed by atoms with van der Waals surface area (Å²) in [6.45, 7) is 3.16. The lowest BCUT2D eigenvalue weighted by Crippen LogP contribution is -2.33. The molecule has 0 saturated heterocycles. The Bertz CT molecular complexity index is 425. The summed E-state index contributed by atoms with van der Waals surface area (Å²) in [7, 11) is 0. The summed E-state index contributed by atoms with van der Waals surface area (Å²) < 4.78 is 0. The fraction of sp³-hybridized carbons (Fsp3) is 0.417. The highest BCUT2D eigenvalue weighted by molar-refractivity contribution is 6.35. The predicted molar refractivity (Wildman–Crippen MR) is 73.1 cm³/mol. The molecule has 0 atom stereocenters. The van der Waals surface area contributed by atoms with Crippen LogP contribution in [0.4, 0.5) is 0 Å². The summed E-state index contributed by atoms with van der Waals surface area (Å²) >= 11 is 11.6. The van der Waals surface area contributed by atoms with Crippen LogP contribution in [0.1, 0.15) is 18.9 Å². The van der Waals surface area contributed by atoms with E-state index in [0.29, 0.717) is 23.7 Å². The second-order valence-electron chi connectivity index (χ2n) is 3.85. The number of nitrogens with one attached hydrogen (secondary N) is 2. The van der Waals surface area contributed by atoms with Gasteiger partial charge in [-0.05, 0) is 18.6 Å². The maximum atomic E-state index is 11.3. The van der Waals surface area contributed by atoms with Crippen LogP contribution < -0.4 is 10.6 Å². The van der Waals surface area contributed by atoms with Gasteiger partial charge < -0.3 is 15.7 Å². The Morgan fingerprint density at radius 3 is 2.78 bits per heavy atom. The predicted octanol–water partition coefficient (Wildman–Crippen LogP) is 2.31. The van der Waals surface area contributed by atoms with Crippen molar-refractivity contribution in [3.63, 3.8) is 0 Å². The van der Waals surface area contributed by atoms with Crippen LogP contribution in [0.2, 0.25) is 10.0 Å². The standard InChI is InChI=1S/C12H16Cl2N2O2/c1-2-3-16-11(17)7-15-6-8-4-9(13)5-10(14)12(8)18/h4-5,15,18H,2-3,6-7H2,1H3,(H,16,17). The summed E-state index contributed by atoms with van der Waals surface area (Å²) in [6.07, 6.45) is 0.899. The molecule has 3 N–H and O–H groups in total. The topological polar surface area (TPSA) is 61.4 Å². The second-order valence-corrected chi connectivity index (χ2v) is 4.69. The quantitative estimate of drug-likeness (QED) is 0.753. The second kappa shape index (κ2) is 7.46. The van der Waals surface area contributed by atoms with Gasteiger partial charge in [0, 0.05) is 23.7 Å². The molecule has 1 amide bonds. The first-order valence-electron chi connectivity index (χ1n) is 5.69. The number of hydrogen-bond donors (Lipinski definition) is 3. The smallest absolute Gasteiger partial charge is 0.233 e. The third-order valence-electron chi connectivity index (χ3n) is 2.28. The van der Waals surface area contributed by atoms with Gasteiger partial charge >= 0.3 is 0 Å². The molecule has 0 aliphatic heterocycles. The van der Waals surface area contributed by atoms with Gasteiger partial charge in [0.2, 0.25) is 5.91 Å². The summed E-state index contributed by atoms with van der Waals surface area (Å²) in [5, 5.41) is 16.0. The molecule has 0 aromatic heterocycles. The number of carbonyl (C=O) groups is 1. The minimum absolute atomic E-state index is 0.0115.